The van der Waals surface area contributed by atoms with Gasteiger partial charge in [-0.3, -0.25) is 33.9 Å². The largest absolute Gasteiger partial charge is 0.458 e. The molecule has 1 aliphatic rings. The number of nitrogens with zero attached hydrogens (tertiary/aromatic N) is 4. The summed E-state index contributed by atoms with van der Waals surface area (Å²) >= 11 is 0.902. The Bertz CT molecular complexity index is 1540. The molecule has 42 heavy (non-hydrogen) atoms. The van der Waals surface area contributed by atoms with Crippen molar-refractivity contribution < 1.29 is 51.5 Å². The molecule has 226 valence electrons. The second-order valence-electron chi connectivity index (χ2n) is 8.79. The van der Waals surface area contributed by atoms with E-state index in [0.29, 0.717) is 5.56 Å². The number of rotatable bonds is 12. The molecule has 0 aliphatic carbocycles. The van der Waals surface area contributed by atoms with E-state index < -0.39 is 62.3 Å². The van der Waals surface area contributed by atoms with Crippen molar-refractivity contribution in [2.45, 2.75) is 38.1 Å². The number of oxime groups is 1. The zero-order valence-electron chi connectivity index (χ0n) is 21.9. The number of amides is 3. The summed E-state index contributed by atoms with van der Waals surface area (Å²) in [6, 6.07) is 1.51. The van der Waals surface area contributed by atoms with Crippen LogP contribution in [-0.2, 0) is 50.5 Å². The molecule has 1 aliphatic heterocycles. The van der Waals surface area contributed by atoms with Crippen molar-refractivity contribution >= 4 is 61.9 Å². The van der Waals surface area contributed by atoms with Crippen LogP contribution in [0.5, 0.6) is 0 Å². The summed E-state index contributed by atoms with van der Waals surface area (Å²) in [4.78, 5) is 74.4. The number of nitro benzene ring substituents is 1. The number of carbonyl (C=O) groups is 4. The van der Waals surface area contributed by atoms with Crippen molar-refractivity contribution in [3.05, 3.63) is 51.0 Å². The van der Waals surface area contributed by atoms with Gasteiger partial charge in [0.2, 0.25) is 5.60 Å². The number of nitro groups is 1. The van der Waals surface area contributed by atoms with Crippen LogP contribution in [-0.4, -0.2) is 81.4 Å². The first-order valence-corrected chi connectivity index (χ1v) is 13.7. The maximum atomic E-state index is 13.1. The Labute approximate surface area is 240 Å². The van der Waals surface area contributed by atoms with Crippen LogP contribution >= 0.6 is 11.3 Å². The number of β-lactam (4-membered cyclic amide) rings is 1. The van der Waals surface area contributed by atoms with Gasteiger partial charge in [0, 0.05) is 17.5 Å². The number of thiazole rings is 1. The van der Waals surface area contributed by atoms with Crippen LogP contribution in [0.4, 0.5) is 10.8 Å². The molecule has 0 saturated carbocycles. The van der Waals surface area contributed by atoms with Gasteiger partial charge < -0.3 is 20.6 Å². The number of hydrogen-bond acceptors (Lipinski definition) is 15. The van der Waals surface area contributed by atoms with Crippen LogP contribution < -0.4 is 16.5 Å². The van der Waals surface area contributed by atoms with E-state index in [2.05, 4.69) is 20.3 Å². The van der Waals surface area contributed by atoms with Crippen LogP contribution in [0.15, 0.2) is 34.8 Å². The lowest BCUT2D eigenvalue weighted by Gasteiger charge is -2.42. The van der Waals surface area contributed by atoms with E-state index in [9.17, 15) is 42.3 Å². The predicted octanol–water partition coefficient (Wildman–Crippen LogP) is -0.948. The van der Waals surface area contributed by atoms with E-state index in [-0.39, 0.29) is 27.4 Å². The molecule has 0 bridgehead atoms. The fourth-order valence-electron chi connectivity index (χ4n) is 3.32. The maximum Gasteiger partial charge on any atom is 0.363 e. The van der Waals surface area contributed by atoms with E-state index in [0.717, 1.165) is 18.4 Å². The number of esters is 1. The summed E-state index contributed by atoms with van der Waals surface area (Å²) in [5.41, 5.74) is 5.11. The number of nitrogen functional groups attached to an aromatic ring is 1. The predicted molar refractivity (Wildman–Crippen MR) is 140 cm³/mol. The van der Waals surface area contributed by atoms with Gasteiger partial charge in [-0.15, -0.1) is 11.3 Å². The maximum absolute atomic E-state index is 13.1. The van der Waals surface area contributed by atoms with Gasteiger partial charge >= 0.3 is 16.3 Å². The Morgan fingerprint density at radius 3 is 2.45 bits per heavy atom. The van der Waals surface area contributed by atoms with Crippen molar-refractivity contribution in [2.24, 2.45) is 5.16 Å². The number of anilines is 1. The van der Waals surface area contributed by atoms with E-state index >= 15 is 0 Å². The molecule has 1 fully saturated rings. The van der Waals surface area contributed by atoms with Gasteiger partial charge in [-0.1, -0.05) is 5.16 Å². The molecule has 1 aromatic carbocycles. The standard InChI is InChI=1S/C21H23N7O12S2/c1-21(2,19(32)39-8-10-4-6-11(7-5-10)28(33)34)40-25-13(12-9-41-20(22)23-12)16(29)24-14-15(17(30)26-38-3)27(18(14)31)42(35,36)37/h4-7,9,14-15H,8H2,1-3H3,(H2,22,23)(H,24,29)(H,26,30)(H,35,36,37)/b25-13-/t14-,15-/m1/s1. The molecule has 19 nitrogen and oxygen atoms in total. The first-order valence-electron chi connectivity index (χ1n) is 11.4. The van der Waals surface area contributed by atoms with Gasteiger partial charge in [0.15, 0.2) is 16.9 Å². The third kappa shape index (κ3) is 7.12. The highest BCUT2D eigenvalue weighted by Crippen LogP contribution is 2.25. The SMILES string of the molecule is CONC(=O)[C@H]1[C@@H](NC(=O)/C(=N\OC(C)(C)C(=O)OCc2ccc([N+](=O)[O-])cc2)c2csc(N)n2)C(=O)N1S(=O)(=O)O. The molecule has 1 saturated heterocycles. The van der Waals surface area contributed by atoms with Crippen LogP contribution in [0.1, 0.15) is 25.1 Å². The van der Waals surface area contributed by atoms with E-state index in [1.165, 1.54) is 43.5 Å². The van der Waals surface area contributed by atoms with Gasteiger partial charge in [0.1, 0.15) is 18.3 Å². The summed E-state index contributed by atoms with van der Waals surface area (Å²) in [6.45, 7) is 2.23. The molecule has 0 unspecified atom stereocenters. The number of nitrogens with two attached hydrogens (primary N) is 1. The molecule has 2 atom stereocenters. The van der Waals surface area contributed by atoms with Gasteiger partial charge in [-0.2, -0.15) is 12.7 Å². The lowest BCUT2D eigenvalue weighted by atomic mass is 9.97. The Kier molecular flexibility index (Phi) is 9.40. The van der Waals surface area contributed by atoms with Crippen molar-refractivity contribution in [3.63, 3.8) is 0 Å². The minimum Gasteiger partial charge on any atom is -0.458 e. The zero-order chi connectivity index (χ0) is 31.4. The number of benzene rings is 1. The Balaban J connectivity index is 1.79. The molecule has 1 aromatic heterocycles. The first kappa shape index (κ1) is 31.8. The zero-order valence-corrected chi connectivity index (χ0v) is 23.5. The number of aromatic nitrogens is 1. The summed E-state index contributed by atoms with van der Waals surface area (Å²) in [5, 5.41) is 17.9. The van der Waals surface area contributed by atoms with Crippen LogP contribution in [0.2, 0.25) is 0 Å². The van der Waals surface area contributed by atoms with Crippen molar-refractivity contribution in [1.82, 2.24) is 20.1 Å². The van der Waals surface area contributed by atoms with Gasteiger partial charge in [0.25, 0.3) is 23.4 Å². The monoisotopic (exact) mass is 629 g/mol. The lowest BCUT2D eigenvalue weighted by Crippen LogP contribution is -2.76. The number of nitrogens with one attached hydrogen (secondary N) is 2. The smallest absolute Gasteiger partial charge is 0.363 e. The molecule has 3 rings (SSSR count). The molecule has 5 N–H and O–H groups in total. The number of ether oxygens (including phenoxy) is 1. The minimum atomic E-state index is -5.18. The normalized spacial score (nSPS) is 17.2. The Hall–Kier alpha value is -4.73. The topological polar surface area (TPSA) is 272 Å². The highest BCUT2D eigenvalue weighted by atomic mass is 32.2. The number of non-ortho nitro benzene ring substituents is 1. The quantitative estimate of drug-likeness (QED) is 0.0550. The van der Waals surface area contributed by atoms with Crippen LogP contribution in [0.25, 0.3) is 0 Å². The summed E-state index contributed by atoms with van der Waals surface area (Å²) in [5.74, 6) is -4.68. The molecule has 0 radical (unpaired) electrons. The highest BCUT2D eigenvalue weighted by molar-refractivity contribution is 7.84. The van der Waals surface area contributed by atoms with E-state index in [1.54, 1.807) is 5.48 Å². The average molecular weight is 630 g/mol. The number of carbonyl (C=O) groups excluding carboxylic acids is 4. The molecule has 3 amide bonds. The fraction of sp³-hybridized carbons (Fsp3) is 0.333. The van der Waals surface area contributed by atoms with Gasteiger partial charge in [0.05, 0.1) is 12.0 Å². The van der Waals surface area contributed by atoms with Crippen molar-refractivity contribution in [3.8, 4) is 0 Å². The van der Waals surface area contributed by atoms with Crippen molar-refractivity contribution in [1.29, 1.82) is 0 Å². The third-order valence-electron chi connectivity index (χ3n) is 5.41. The number of hydroxylamine groups is 1. The molecular weight excluding hydrogens is 606 g/mol. The molecular formula is C21H23N7O12S2. The lowest BCUT2D eigenvalue weighted by molar-refractivity contribution is -0.384. The van der Waals surface area contributed by atoms with Crippen molar-refractivity contribution in [2.75, 3.05) is 12.8 Å². The van der Waals surface area contributed by atoms with E-state index in [4.69, 9.17) is 15.3 Å². The number of hydrogen-bond donors (Lipinski definition) is 4. The molecule has 21 heteroatoms. The summed E-state index contributed by atoms with van der Waals surface area (Å²) < 4.78 is 37.5. The minimum absolute atomic E-state index is 0.00175. The highest BCUT2D eigenvalue weighted by Gasteiger charge is 2.58. The van der Waals surface area contributed by atoms with E-state index in [1.807, 2.05) is 0 Å². The fourth-order valence-corrected chi connectivity index (χ4v) is 4.72. The van der Waals surface area contributed by atoms with Crippen LogP contribution in [0.3, 0.4) is 0 Å². The average Bonchev–Trinajstić information content (AvgIpc) is 3.33. The molecule has 0 spiro atoms. The van der Waals surface area contributed by atoms with Crippen LogP contribution in [0, 0.1) is 10.1 Å². The third-order valence-corrected chi connectivity index (χ3v) is 6.99. The Morgan fingerprint density at radius 1 is 1.29 bits per heavy atom. The summed E-state index contributed by atoms with van der Waals surface area (Å²) in [6.07, 6.45) is 0. The molecule has 2 aromatic rings. The summed E-state index contributed by atoms with van der Waals surface area (Å²) in [7, 11) is -4.16. The Morgan fingerprint density at radius 2 is 1.93 bits per heavy atom. The second-order valence-corrected chi connectivity index (χ2v) is 11.0. The van der Waals surface area contributed by atoms with Gasteiger partial charge in [-0.25, -0.2) is 15.3 Å². The van der Waals surface area contributed by atoms with Gasteiger partial charge in [-0.05, 0) is 31.5 Å². The second kappa shape index (κ2) is 12.4. The first-order chi connectivity index (χ1) is 19.6. The molecule has 2 heterocycles.